The molecule has 7 fully saturated rings. The van der Waals surface area contributed by atoms with E-state index in [1.807, 2.05) is 19.1 Å². The van der Waals surface area contributed by atoms with Crippen LogP contribution in [0.3, 0.4) is 0 Å². The molecule has 0 radical (unpaired) electrons. The van der Waals surface area contributed by atoms with Crippen LogP contribution in [0.2, 0.25) is 0 Å². The summed E-state index contributed by atoms with van der Waals surface area (Å²) >= 11 is 0. The Labute approximate surface area is 273 Å². The molecule has 0 aromatic heterocycles. The van der Waals surface area contributed by atoms with Crippen LogP contribution in [-0.2, 0) is 19.2 Å². The standard InChI is InChI=1S/C40H52O6/c1-20(37(45)40(46)16-14-28-27-6-3-21-17-23(41)5-8-25(21)26(27)9-10-31(28)40)34-36(44)32-12-11-30-29-7-4-22-18-24(42)13-15-38(22,2)35(29)33(43)19-39(30,32)34/h17-18,20,25-35,43,46H,3-16,19H2,1-2H3/t20?,25?,26?,27?,28?,29?,30?,31?,32?,33-,34?,35?,38-,39+,40+/m0/s1. The van der Waals surface area contributed by atoms with E-state index in [0.29, 0.717) is 61.2 Å². The lowest BCUT2D eigenvalue weighted by Gasteiger charge is -2.66. The summed E-state index contributed by atoms with van der Waals surface area (Å²) in [5, 5.41) is 24.4. The third-order valence-electron chi connectivity index (χ3n) is 16.8. The minimum atomic E-state index is -1.37. The summed E-state index contributed by atoms with van der Waals surface area (Å²) < 4.78 is 0. The van der Waals surface area contributed by atoms with Gasteiger partial charge in [-0.3, -0.25) is 19.2 Å². The second kappa shape index (κ2) is 10.1. The Bertz CT molecular complexity index is 1470. The lowest BCUT2D eigenvalue weighted by Crippen LogP contribution is -2.68. The Balaban J connectivity index is 0.975. The minimum absolute atomic E-state index is 0.0406. The van der Waals surface area contributed by atoms with Gasteiger partial charge in [0.1, 0.15) is 11.4 Å². The van der Waals surface area contributed by atoms with Gasteiger partial charge in [-0.1, -0.05) is 25.0 Å². The Morgan fingerprint density at radius 2 is 1.57 bits per heavy atom. The highest BCUT2D eigenvalue weighted by Gasteiger charge is 2.75. The maximum atomic E-state index is 14.7. The van der Waals surface area contributed by atoms with Crippen molar-refractivity contribution in [1.29, 1.82) is 0 Å². The monoisotopic (exact) mass is 628 g/mol. The van der Waals surface area contributed by atoms with E-state index in [0.717, 1.165) is 70.6 Å². The predicted octanol–water partition coefficient (Wildman–Crippen LogP) is 5.97. The van der Waals surface area contributed by atoms with Gasteiger partial charge in [0.2, 0.25) is 0 Å². The minimum Gasteiger partial charge on any atom is -0.393 e. The molecular formula is C40H52O6. The molecule has 11 unspecified atom stereocenters. The summed E-state index contributed by atoms with van der Waals surface area (Å²) in [5.74, 6) is 2.14. The van der Waals surface area contributed by atoms with Crippen molar-refractivity contribution in [1.82, 2.24) is 0 Å². The zero-order valence-corrected chi connectivity index (χ0v) is 27.7. The van der Waals surface area contributed by atoms with Crippen molar-refractivity contribution in [2.75, 3.05) is 0 Å². The molecule has 0 aliphatic heterocycles. The number of carbonyl (C=O) groups is 4. The molecule has 7 saturated carbocycles. The average Bonchev–Trinajstić information content (AvgIpc) is 3.56. The first-order valence-electron chi connectivity index (χ1n) is 18.9. The molecule has 6 heteroatoms. The molecule has 2 N–H and O–H groups in total. The molecular weight excluding hydrogens is 576 g/mol. The van der Waals surface area contributed by atoms with Crippen LogP contribution in [0.4, 0.5) is 0 Å². The fourth-order valence-corrected chi connectivity index (χ4v) is 15.2. The summed E-state index contributed by atoms with van der Waals surface area (Å²) in [6, 6.07) is 0. The van der Waals surface area contributed by atoms with Crippen LogP contribution in [0.5, 0.6) is 0 Å². The second-order valence-corrected chi connectivity index (χ2v) is 17.9. The molecule has 1 spiro atoms. The molecule has 0 amide bonds. The number of aliphatic hydroxyl groups is 2. The lowest BCUT2D eigenvalue weighted by molar-refractivity contribution is -0.204. The number of aliphatic hydroxyl groups excluding tert-OH is 1. The second-order valence-electron chi connectivity index (χ2n) is 17.9. The number of carbonyl (C=O) groups excluding carboxylic acids is 4. The van der Waals surface area contributed by atoms with E-state index in [9.17, 15) is 29.4 Å². The van der Waals surface area contributed by atoms with Gasteiger partial charge in [0.05, 0.1) is 6.10 Å². The quantitative estimate of drug-likeness (QED) is 0.399. The maximum Gasteiger partial charge on any atom is 0.168 e. The molecule has 0 heterocycles. The maximum absolute atomic E-state index is 14.7. The number of rotatable bonds is 3. The average molecular weight is 629 g/mol. The van der Waals surface area contributed by atoms with E-state index < -0.39 is 23.5 Å². The summed E-state index contributed by atoms with van der Waals surface area (Å²) in [6.45, 7) is 4.20. The van der Waals surface area contributed by atoms with Crippen LogP contribution in [0, 0.1) is 75.9 Å². The summed E-state index contributed by atoms with van der Waals surface area (Å²) in [5.41, 5.74) is 0.688. The van der Waals surface area contributed by atoms with Crippen molar-refractivity contribution in [3.8, 4) is 0 Å². The molecule has 15 atom stereocenters. The molecule has 9 aliphatic rings. The van der Waals surface area contributed by atoms with Crippen molar-refractivity contribution >= 4 is 23.1 Å². The number of Topliss-reactive ketones (excluding diaryl/α,β-unsaturated/α-hetero) is 2. The SMILES string of the molecule is CC(C(=O)[C@@]1(O)CCC2C3CCC4=CC(=O)CCC4C3CCC21)C1C(=O)C2CCC3C4CCC5=CC(=O)CC[C@]5(C)C4[C@@H](O)C[C@]231. The number of hydrogen-bond donors (Lipinski definition) is 2. The largest absolute Gasteiger partial charge is 0.393 e. The molecule has 0 bridgehead atoms. The van der Waals surface area contributed by atoms with Gasteiger partial charge >= 0.3 is 0 Å². The molecule has 0 aromatic rings. The topological polar surface area (TPSA) is 109 Å². The molecule has 9 rings (SSSR count). The van der Waals surface area contributed by atoms with Crippen LogP contribution in [0.15, 0.2) is 23.3 Å². The van der Waals surface area contributed by atoms with Gasteiger partial charge in [0.25, 0.3) is 0 Å². The Kier molecular flexibility index (Phi) is 6.60. The fourth-order valence-electron chi connectivity index (χ4n) is 15.2. The number of ketones is 4. The van der Waals surface area contributed by atoms with E-state index in [4.69, 9.17) is 0 Å². The summed E-state index contributed by atoms with van der Waals surface area (Å²) in [4.78, 5) is 53.1. The van der Waals surface area contributed by atoms with Crippen LogP contribution >= 0.6 is 0 Å². The number of allylic oxidation sites excluding steroid dienone is 2. The first-order chi connectivity index (χ1) is 22.0. The summed E-state index contributed by atoms with van der Waals surface area (Å²) in [6.07, 6.45) is 15.7. The van der Waals surface area contributed by atoms with Gasteiger partial charge in [-0.05, 0) is 154 Å². The van der Waals surface area contributed by atoms with Crippen molar-refractivity contribution in [3.05, 3.63) is 23.3 Å². The van der Waals surface area contributed by atoms with E-state index >= 15 is 0 Å². The highest BCUT2D eigenvalue weighted by atomic mass is 16.3. The molecule has 9 aliphatic carbocycles. The normalized spacial score (nSPS) is 52.8. The van der Waals surface area contributed by atoms with Gasteiger partial charge in [0, 0.05) is 30.6 Å². The van der Waals surface area contributed by atoms with Crippen LogP contribution in [-0.4, -0.2) is 45.1 Å². The van der Waals surface area contributed by atoms with Crippen molar-refractivity contribution in [2.24, 2.45) is 75.9 Å². The van der Waals surface area contributed by atoms with Gasteiger partial charge in [0.15, 0.2) is 17.3 Å². The molecule has 0 saturated heterocycles. The van der Waals surface area contributed by atoms with Crippen LogP contribution in [0.25, 0.3) is 0 Å². The van der Waals surface area contributed by atoms with Crippen LogP contribution < -0.4 is 0 Å². The first-order valence-corrected chi connectivity index (χ1v) is 18.9. The van der Waals surface area contributed by atoms with Crippen molar-refractivity contribution < 1.29 is 29.4 Å². The fraction of sp³-hybridized carbons (Fsp3) is 0.800. The van der Waals surface area contributed by atoms with Gasteiger partial charge < -0.3 is 10.2 Å². The van der Waals surface area contributed by atoms with Gasteiger partial charge in [-0.15, -0.1) is 0 Å². The van der Waals surface area contributed by atoms with E-state index in [-0.39, 0.29) is 51.7 Å². The predicted molar refractivity (Wildman–Crippen MR) is 171 cm³/mol. The highest BCUT2D eigenvalue weighted by molar-refractivity contribution is 6.00. The Hall–Kier alpha value is -1.92. The lowest BCUT2D eigenvalue weighted by atomic mass is 9.37. The highest BCUT2D eigenvalue weighted by Crippen LogP contribution is 2.74. The molecule has 0 aromatic carbocycles. The van der Waals surface area contributed by atoms with E-state index in [2.05, 4.69) is 6.92 Å². The van der Waals surface area contributed by atoms with E-state index in [1.54, 1.807) is 0 Å². The zero-order valence-electron chi connectivity index (χ0n) is 27.7. The molecule has 248 valence electrons. The van der Waals surface area contributed by atoms with Gasteiger partial charge in [-0.25, -0.2) is 0 Å². The summed E-state index contributed by atoms with van der Waals surface area (Å²) in [7, 11) is 0. The van der Waals surface area contributed by atoms with Gasteiger partial charge in [-0.2, -0.15) is 0 Å². The number of fused-ring (bicyclic) bond motifs is 9. The first kappa shape index (κ1) is 30.2. The molecule has 6 nitrogen and oxygen atoms in total. The van der Waals surface area contributed by atoms with E-state index in [1.165, 1.54) is 11.1 Å². The Morgan fingerprint density at radius 1 is 0.804 bits per heavy atom. The third kappa shape index (κ3) is 3.72. The zero-order chi connectivity index (χ0) is 31.9. The molecule has 46 heavy (non-hydrogen) atoms. The smallest absolute Gasteiger partial charge is 0.168 e. The Morgan fingerprint density at radius 3 is 2.39 bits per heavy atom. The third-order valence-corrected chi connectivity index (χ3v) is 16.8. The van der Waals surface area contributed by atoms with Crippen molar-refractivity contribution in [3.63, 3.8) is 0 Å². The number of hydrogen-bond acceptors (Lipinski definition) is 6. The van der Waals surface area contributed by atoms with Crippen molar-refractivity contribution in [2.45, 2.75) is 122 Å². The van der Waals surface area contributed by atoms with Crippen LogP contribution in [0.1, 0.15) is 110 Å².